The van der Waals surface area contributed by atoms with Gasteiger partial charge >= 0.3 is 0 Å². The predicted octanol–water partition coefficient (Wildman–Crippen LogP) is 4.42. The number of hydrogen-bond acceptors (Lipinski definition) is 4. The Morgan fingerprint density at radius 2 is 2.04 bits per heavy atom. The molecule has 1 heterocycles. The van der Waals surface area contributed by atoms with Crippen LogP contribution in [-0.4, -0.2) is 29.6 Å². The van der Waals surface area contributed by atoms with Gasteiger partial charge in [-0.3, -0.25) is 0 Å². The van der Waals surface area contributed by atoms with E-state index in [0.717, 1.165) is 35.4 Å². The first-order valence-electron chi connectivity index (χ1n) is 7.75. The molecule has 8 heteroatoms. The van der Waals surface area contributed by atoms with E-state index in [0.29, 0.717) is 28.1 Å². The number of rotatable bonds is 9. The molecule has 25 heavy (non-hydrogen) atoms. The third-order valence-corrected chi connectivity index (χ3v) is 4.83. The summed E-state index contributed by atoms with van der Waals surface area (Å²) >= 11 is 20.4. The Hall–Kier alpha value is -0.920. The second kappa shape index (κ2) is 10.3. The minimum absolute atomic E-state index is 0.474. The number of halogens is 3. The first-order valence-corrected chi connectivity index (χ1v) is 9.71. The van der Waals surface area contributed by atoms with Crippen molar-refractivity contribution in [2.75, 3.05) is 24.5 Å². The van der Waals surface area contributed by atoms with Crippen molar-refractivity contribution in [3.63, 3.8) is 0 Å². The van der Waals surface area contributed by atoms with Crippen LogP contribution in [-0.2, 0) is 6.54 Å². The molecule has 0 atom stereocenters. The lowest BCUT2D eigenvalue weighted by Crippen LogP contribution is -2.31. The van der Waals surface area contributed by atoms with Crippen LogP contribution in [0.15, 0.2) is 41.0 Å². The van der Waals surface area contributed by atoms with E-state index in [1.54, 1.807) is 6.20 Å². The van der Waals surface area contributed by atoms with E-state index in [1.165, 1.54) is 0 Å². The summed E-state index contributed by atoms with van der Waals surface area (Å²) in [4.78, 5) is 7.18. The summed E-state index contributed by atoms with van der Waals surface area (Å²) in [5.74, 6) is 0.906. The molecule has 2 rings (SSSR count). The summed E-state index contributed by atoms with van der Waals surface area (Å²) in [5.41, 5.74) is 6.57. The van der Waals surface area contributed by atoms with Gasteiger partial charge in [0.25, 0.3) is 0 Å². The summed E-state index contributed by atoms with van der Waals surface area (Å²) in [6, 6.07) is 9.65. The quantitative estimate of drug-likeness (QED) is 0.427. The Kier molecular flexibility index (Phi) is 8.39. The third-order valence-electron chi connectivity index (χ3n) is 3.47. The second-order valence-electron chi connectivity index (χ2n) is 5.50. The van der Waals surface area contributed by atoms with Crippen molar-refractivity contribution in [3.05, 3.63) is 56.6 Å². The number of nitrogens with two attached hydrogens (primary N) is 1. The van der Waals surface area contributed by atoms with Crippen LogP contribution in [0.1, 0.15) is 12.0 Å². The number of hydrogen-bond donors (Lipinski definition) is 2. The molecule has 0 amide bonds. The zero-order valence-electron chi connectivity index (χ0n) is 13.5. The molecule has 4 nitrogen and oxygen atoms in total. The molecule has 3 N–H and O–H groups in total. The largest absolute Gasteiger partial charge is 0.392 e. The monoisotopic (exact) mass is 460 g/mol. The minimum atomic E-state index is 0.474. The maximum Gasteiger partial charge on any atom is 0.128 e. The van der Waals surface area contributed by atoms with Crippen LogP contribution in [0.4, 0.5) is 5.82 Å². The topological polar surface area (TPSA) is 54.2 Å². The minimum Gasteiger partial charge on any atom is -0.392 e. The van der Waals surface area contributed by atoms with Crippen molar-refractivity contribution in [1.29, 1.82) is 0 Å². The number of thiocarbonyl (C=S) groups is 1. The average Bonchev–Trinajstić information content (AvgIpc) is 2.57. The summed E-state index contributed by atoms with van der Waals surface area (Å²) < 4.78 is 0.948. The van der Waals surface area contributed by atoms with E-state index >= 15 is 0 Å². The van der Waals surface area contributed by atoms with Gasteiger partial charge < -0.3 is 16.0 Å². The van der Waals surface area contributed by atoms with Gasteiger partial charge in [-0.05, 0) is 58.7 Å². The molecule has 134 valence electrons. The normalized spacial score (nSPS) is 10.7. The molecule has 1 aromatic heterocycles. The molecule has 0 bridgehead atoms. The van der Waals surface area contributed by atoms with E-state index in [2.05, 4.69) is 31.1 Å². The first-order chi connectivity index (χ1) is 12.0. The van der Waals surface area contributed by atoms with Gasteiger partial charge in [0, 0.05) is 30.3 Å². The van der Waals surface area contributed by atoms with Gasteiger partial charge in [-0.15, -0.1) is 0 Å². The number of pyridine rings is 1. The van der Waals surface area contributed by atoms with Crippen LogP contribution < -0.4 is 16.0 Å². The summed E-state index contributed by atoms with van der Waals surface area (Å²) in [5, 5.41) is 4.33. The molecule has 0 unspecified atom stereocenters. The number of anilines is 1. The predicted molar refractivity (Wildman–Crippen MR) is 114 cm³/mol. The number of benzene rings is 1. The highest BCUT2D eigenvalue weighted by Crippen LogP contribution is 2.24. The molecule has 0 aliphatic heterocycles. The fourth-order valence-corrected chi connectivity index (χ4v) is 2.95. The van der Waals surface area contributed by atoms with Crippen LogP contribution in [0, 0.1) is 0 Å². The smallest absolute Gasteiger partial charge is 0.128 e. The van der Waals surface area contributed by atoms with E-state index in [-0.39, 0.29) is 0 Å². The Balaban J connectivity index is 2.04. The fourth-order valence-electron chi connectivity index (χ4n) is 2.29. The van der Waals surface area contributed by atoms with Crippen molar-refractivity contribution in [3.8, 4) is 0 Å². The Morgan fingerprint density at radius 1 is 1.24 bits per heavy atom. The molecule has 0 aliphatic rings. The summed E-state index contributed by atoms with van der Waals surface area (Å²) in [6.07, 6.45) is 2.73. The standard InChI is InChI=1S/C17H19BrCl2N4S/c18-13-3-5-17(23-9-13)24(7-1-6-22-10-16(21)25)11-12-2-4-14(19)15(20)8-12/h2-5,8-9,22H,1,6-7,10-11H2,(H2,21,25). The van der Waals surface area contributed by atoms with Gasteiger partial charge in [0.15, 0.2) is 0 Å². The first kappa shape index (κ1) is 20.4. The van der Waals surface area contributed by atoms with Crippen molar-refractivity contribution >= 4 is 62.2 Å². The van der Waals surface area contributed by atoms with Gasteiger partial charge in [-0.1, -0.05) is 41.5 Å². The van der Waals surface area contributed by atoms with Crippen molar-refractivity contribution in [1.82, 2.24) is 10.3 Å². The summed E-state index contributed by atoms with van der Waals surface area (Å²) in [7, 11) is 0. The van der Waals surface area contributed by atoms with E-state index in [1.807, 2.05) is 30.3 Å². The van der Waals surface area contributed by atoms with E-state index < -0.39 is 0 Å². The van der Waals surface area contributed by atoms with Gasteiger partial charge in [-0.25, -0.2) is 4.98 Å². The van der Waals surface area contributed by atoms with Gasteiger partial charge in [0.2, 0.25) is 0 Å². The van der Waals surface area contributed by atoms with Crippen LogP contribution in [0.25, 0.3) is 0 Å². The highest BCUT2D eigenvalue weighted by Gasteiger charge is 2.10. The molecule has 0 fully saturated rings. The molecule has 0 saturated carbocycles. The lowest BCUT2D eigenvalue weighted by molar-refractivity contribution is 0.665. The number of aromatic nitrogens is 1. The van der Waals surface area contributed by atoms with Crippen LogP contribution >= 0.6 is 51.3 Å². The lowest BCUT2D eigenvalue weighted by atomic mass is 10.2. The molecule has 0 spiro atoms. The average molecular weight is 462 g/mol. The van der Waals surface area contributed by atoms with E-state index in [9.17, 15) is 0 Å². The molecule has 1 aromatic carbocycles. The van der Waals surface area contributed by atoms with Crippen molar-refractivity contribution in [2.45, 2.75) is 13.0 Å². The molecule has 0 radical (unpaired) electrons. The fraction of sp³-hybridized carbons (Fsp3) is 0.294. The van der Waals surface area contributed by atoms with Crippen molar-refractivity contribution in [2.24, 2.45) is 5.73 Å². The maximum absolute atomic E-state index is 6.13. The molecular formula is C17H19BrCl2N4S. The molecule has 2 aromatic rings. The third kappa shape index (κ3) is 7.07. The van der Waals surface area contributed by atoms with Crippen LogP contribution in [0.3, 0.4) is 0 Å². The molecule has 0 aliphatic carbocycles. The van der Waals surface area contributed by atoms with Gasteiger partial charge in [0.05, 0.1) is 15.0 Å². The van der Waals surface area contributed by atoms with Crippen molar-refractivity contribution < 1.29 is 0 Å². The highest BCUT2D eigenvalue weighted by molar-refractivity contribution is 9.10. The number of nitrogens with one attached hydrogen (secondary N) is 1. The maximum atomic E-state index is 6.13. The van der Waals surface area contributed by atoms with Gasteiger partial charge in [-0.2, -0.15) is 0 Å². The van der Waals surface area contributed by atoms with E-state index in [4.69, 9.17) is 41.2 Å². The zero-order valence-corrected chi connectivity index (χ0v) is 17.4. The summed E-state index contributed by atoms with van der Waals surface area (Å²) in [6.45, 7) is 2.91. The molecule has 0 saturated heterocycles. The Bertz CT molecular complexity index is 712. The van der Waals surface area contributed by atoms with Crippen LogP contribution in [0.2, 0.25) is 10.0 Å². The van der Waals surface area contributed by atoms with Gasteiger partial charge in [0.1, 0.15) is 5.82 Å². The van der Waals surface area contributed by atoms with Crippen LogP contribution in [0.5, 0.6) is 0 Å². The number of nitrogens with zero attached hydrogens (tertiary/aromatic N) is 2. The Morgan fingerprint density at radius 3 is 2.68 bits per heavy atom. The Labute approximate surface area is 171 Å². The SMILES string of the molecule is NC(=S)CNCCCN(Cc1ccc(Cl)c(Cl)c1)c1ccc(Br)cn1. The molecular weight excluding hydrogens is 443 g/mol. The highest BCUT2D eigenvalue weighted by atomic mass is 79.9. The lowest BCUT2D eigenvalue weighted by Gasteiger charge is -2.24. The second-order valence-corrected chi connectivity index (χ2v) is 7.76. The zero-order chi connectivity index (χ0) is 18.2.